The second-order valence-corrected chi connectivity index (χ2v) is 6.05. The molecule has 2 heterocycles. The van der Waals surface area contributed by atoms with Gasteiger partial charge in [0, 0.05) is 19.6 Å². The second kappa shape index (κ2) is 5.44. The lowest BCUT2D eigenvalue weighted by Gasteiger charge is -2.16. The molecular weight excluding hydrogens is 280 g/mol. The van der Waals surface area contributed by atoms with Crippen LogP contribution in [0.1, 0.15) is 12.8 Å². The zero-order valence-corrected chi connectivity index (χ0v) is 11.8. The molecule has 7 heteroatoms. The fraction of sp³-hybridized carbons (Fsp3) is 0.615. The molecule has 3 atom stereocenters. The highest BCUT2D eigenvalue weighted by molar-refractivity contribution is 6.29. The predicted molar refractivity (Wildman–Crippen MR) is 74.8 cm³/mol. The standard InChI is InChI=1S/C13H17ClN4O2/c14-11-1-2-12(17-16-11)15-5-8-3-9-6-18(13(19)20)7-10(9)4-8/h1-2,8-10H,3-7H2,(H,15,17)(H,19,20)/t8?,9-,10+. The van der Waals surface area contributed by atoms with Gasteiger partial charge in [-0.25, -0.2) is 4.79 Å². The summed E-state index contributed by atoms with van der Waals surface area (Å²) in [7, 11) is 0. The van der Waals surface area contributed by atoms with Gasteiger partial charge in [0.15, 0.2) is 5.15 Å². The molecule has 1 aromatic rings. The quantitative estimate of drug-likeness (QED) is 0.894. The first-order valence-corrected chi connectivity index (χ1v) is 7.20. The van der Waals surface area contributed by atoms with E-state index >= 15 is 0 Å². The van der Waals surface area contributed by atoms with Crippen molar-refractivity contribution < 1.29 is 9.90 Å². The number of amides is 1. The van der Waals surface area contributed by atoms with E-state index in [1.54, 1.807) is 11.0 Å². The molecule has 3 rings (SSSR count). The third kappa shape index (κ3) is 2.80. The van der Waals surface area contributed by atoms with Gasteiger partial charge in [-0.05, 0) is 42.7 Å². The Morgan fingerprint density at radius 1 is 1.35 bits per heavy atom. The summed E-state index contributed by atoms with van der Waals surface area (Å²) in [6.07, 6.45) is 1.38. The Kier molecular flexibility index (Phi) is 3.65. The van der Waals surface area contributed by atoms with Gasteiger partial charge >= 0.3 is 6.09 Å². The van der Waals surface area contributed by atoms with E-state index in [1.807, 2.05) is 6.07 Å². The summed E-state index contributed by atoms with van der Waals surface area (Å²) < 4.78 is 0. The van der Waals surface area contributed by atoms with Crippen LogP contribution in [0.15, 0.2) is 12.1 Å². The molecule has 1 aliphatic carbocycles. The number of nitrogens with zero attached hydrogens (tertiary/aromatic N) is 3. The molecule has 2 aliphatic rings. The molecule has 2 N–H and O–H groups in total. The molecule has 6 nitrogen and oxygen atoms in total. The first kappa shape index (κ1) is 13.4. The smallest absolute Gasteiger partial charge is 0.407 e. The maximum atomic E-state index is 10.9. The van der Waals surface area contributed by atoms with Crippen LogP contribution in [-0.4, -0.2) is 45.9 Å². The van der Waals surface area contributed by atoms with Crippen molar-refractivity contribution in [3.8, 4) is 0 Å². The fourth-order valence-corrected chi connectivity index (χ4v) is 3.51. The van der Waals surface area contributed by atoms with Crippen molar-refractivity contribution in [3.05, 3.63) is 17.3 Å². The zero-order chi connectivity index (χ0) is 14.1. The topological polar surface area (TPSA) is 78.4 Å². The van der Waals surface area contributed by atoms with Crippen LogP contribution in [-0.2, 0) is 0 Å². The second-order valence-electron chi connectivity index (χ2n) is 5.67. The van der Waals surface area contributed by atoms with E-state index < -0.39 is 6.09 Å². The average Bonchev–Trinajstić information content (AvgIpc) is 2.96. The third-order valence-electron chi connectivity index (χ3n) is 4.32. The molecule has 2 fully saturated rings. The molecule has 1 unspecified atom stereocenters. The summed E-state index contributed by atoms with van der Waals surface area (Å²) in [4.78, 5) is 12.5. The number of aromatic nitrogens is 2. The van der Waals surface area contributed by atoms with Crippen LogP contribution in [0, 0.1) is 17.8 Å². The van der Waals surface area contributed by atoms with Crippen LogP contribution in [0.2, 0.25) is 5.15 Å². The van der Waals surface area contributed by atoms with E-state index in [-0.39, 0.29) is 0 Å². The summed E-state index contributed by atoms with van der Waals surface area (Å²) in [6, 6.07) is 3.53. The summed E-state index contributed by atoms with van der Waals surface area (Å²) in [5.74, 6) is 2.36. The fourth-order valence-electron chi connectivity index (χ4n) is 3.41. The van der Waals surface area contributed by atoms with E-state index in [9.17, 15) is 4.79 Å². The highest BCUT2D eigenvalue weighted by Gasteiger charge is 2.42. The number of hydrogen-bond acceptors (Lipinski definition) is 4. The Hall–Kier alpha value is -1.56. The van der Waals surface area contributed by atoms with Gasteiger partial charge in [0.2, 0.25) is 0 Å². The molecule has 1 saturated heterocycles. The number of carbonyl (C=O) groups is 1. The summed E-state index contributed by atoms with van der Waals surface area (Å²) >= 11 is 5.69. The molecule has 0 bridgehead atoms. The Labute approximate surface area is 122 Å². The summed E-state index contributed by atoms with van der Waals surface area (Å²) in [6.45, 7) is 2.24. The van der Waals surface area contributed by atoms with Crippen LogP contribution >= 0.6 is 11.6 Å². The van der Waals surface area contributed by atoms with E-state index in [4.69, 9.17) is 16.7 Å². The number of fused-ring (bicyclic) bond motifs is 1. The molecule has 1 aromatic heterocycles. The minimum Gasteiger partial charge on any atom is -0.465 e. The first-order valence-electron chi connectivity index (χ1n) is 6.83. The van der Waals surface area contributed by atoms with Crippen molar-refractivity contribution in [2.45, 2.75) is 12.8 Å². The van der Waals surface area contributed by atoms with Crippen molar-refractivity contribution in [1.82, 2.24) is 15.1 Å². The van der Waals surface area contributed by atoms with E-state index in [2.05, 4.69) is 15.5 Å². The molecule has 108 valence electrons. The largest absolute Gasteiger partial charge is 0.465 e. The Morgan fingerprint density at radius 2 is 2.05 bits per heavy atom. The molecule has 1 amide bonds. The monoisotopic (exact) mass is 296 g/mol. The molecule has 1 saturated carbocycles. The van der Waals surface area contributed by atoms with Crippen molar-refractivity contribution >= 4 is 23.5 Å². The van der Waals surface area contributed by atoms with Gasteiger partial charge in [-0.3, -0.25) is 0 Å². The highest BCUT2D eigenvalue weighted by Crippen LogP contribution is 2.41. The Morgan fingerprint density at radius 3 is 2.60 bits per heavy atom. The lowest BCUT2D eigenvalue weighted by molar-refractivity contribution is 0.151. The van der Waals surface area contributed by atoms with Gasteiger partial charge in [0.1, 0.15) is 5.82 Å². The van der Waals surface area contributed by atoms with Crippen LogP contribution in [0.5, 0.6) is 0 Å². The number of hydrogen-bond donors (Lipinski definition) is 2. The van der Waals surface area contributed by atoms with Gasteiger partial charge in [-0.2, -0.15) is 0 Å². The number of halogens is 1. The van der Waals surface area contributed by atoms with E-state index in [1.165, 1.54) is 0 Å². The van der Waals surface area contributed by atoms with Gasteiger partial charge in [-0.15, -0.1) is 10.2 Å². The zero-order valence-electron chi connectivity index (χ0n) is 11.0. The molecule has 0 spiro atoms. The van der Waals surface area contributed by atoms with Crippen LogP contribution in [0.25, 0.3) is 0 Å². The van der Waals surface area contributed by atoms with Crippen LogP contribution in [0.3, 0.4) is 0 Å². The predicted octanol–water partition coefficient (Wildman–Crippen LogP) is 2.18. The number of rotatable bonds is 3. The van der Waals surface area contributed by atoms with E-state index in [0.717, 1.165) is 25.2 Å². The minimum absolute atomic E-state index is 0.389. The first-order chi connectivity index (χ1) is 9.61. The Bertz CT molecular complexity index is 482. The molecule has 1 aliphatic heterocycles. The van der Waals surface area contributed by atoms with Crippen molar-refractivity contribution in [3.63, 3.8) is 0 Å². The van der Waals surface area contributed by atoms with Gasteiger partial charge in [0.05, 0.1) is 0 Å². The lowest BCUT2D eigenvalue weighted by atomic mass is 10.0. The van der Waals surface area contributed by atoms with Crippen molar-refractivity contribution in [2.75, 3.05) is 25.0 Å². The van der Waals surface area contributed by atoms with Crippen LogP contribution in [0.4, 0.5) is 10.6 Å². The number of likely N-dealkylation sites (tertiary alicyclic amines) is 1. The third-order valence-corrected chi connectivity index (χ3v) is 4.52. The average molecular weight is 297 g/mol. The molecule has 20 heavy (non-hydrogen) atoms. The van der Waals surface area contributed by atoms with Gasteiger partial charge in [0.25, 0.3) is 0 Å². The van der Waals surface area contributed by atoms with Gasteiger partial charge < -0.3 is 15.3 Å². The maximum absolute atomic E-state index is 10.9. The summed E-state index contributed by atoms with van der Waals surface area (Å²) in [5.41, 5.74) is 0. The molecular formula is C13H17ClN4O2. The summed E-state index contributed by atoms with van der Waals surface area (Å²) in [5, 5.41) is 20.4. The SMILES string of the molecule is O=C(O)N1C[C@H]2CC(CNc3ccc(Cl)nn3)C[C@H]2C1. The maximum Gasteiger partial charge on any atom is 0.407 e. The lowest BCUT2D eigenvalue weighted by Crippen LogP contribution is -2.28. The highest BCUT2D eigenvalue weighted by atomic mass is 35.5. The molecule has 0 aromatic carbocycles. The minimum atomic E-state index is -0.787. The van der Waals surface area contributed by atoms with Crippen molar-refractivity contribution in [2.24, 2.45) is 17.8 Å². The number of carboxylic acid groups (broad SMARTS) is 1. The van der Waals surface area contributed by atoms with Crippen molar-refractivity contribution in [1.29, 1.82) is 0 Å². The van der Waals surface area contributed by atoms with Gasteiger partial charge in [-0.1, -0.05) is 11.6 Å². The number of anilines is 1. The van der Waals surface area contributed by atoms with Crippen LogP contribution < -0.4 is 5.32 Å². The molecule has 0 radical (unpaired) electrons. The Balaban J connectivity index is 1.48. The normalized spacial score (nSPS) is 28.4. The number of nitrogens with one attached hydrogen (secondary N) is 1. The van der Waals surface area contributed by atoms with E-state index in [0.29, 0.717) is 36.0 Å².